The average molecular weight is 353 g/mol. The van der Waals surface area contributed by atoms with Gasteiger partial charge in [-0.25, -0.2) is 0 Å². The summed E-state index contributed by atoms with van der Waals surface area (Å²) in [5.41, 5.74) is -0.0862. The number of likely N-dealkylation sites (tertiary alicyclic amines) is 1. The van der Waals surface area contributed by atoms with Gasteiger partial charge in [-0.3, -0.25) is 9.59 Å². The zero-order chi connectivity index (χ0) is 17.9. The summed E-state index contributed by atoms with van der Waals surface area (Å²) in [6.45, 7) is 10.3. The molecule has 2 unspecified atom stereocenters. The molecule has 2 rings (SSSR count). The van der Waals surface area contributed by atoms with Gasteiger partial charge in [0.1, 0.15) is 5.01 Å². The van der Waals surface area contributed by atoms with E-state index in [1.54, 1.807) is 0 Å². The van der Waals surface area contributed by atoms with Crippen molar-refractivity contribution in [3.63, 3.8) is 0 Å². The molecule has 1 N–H and O–H groups in total. The Morgan fingerprint density at radius 2 is 1.79 bits per heavy atom. The van der Waals surface area contributed by atoms with Crippen molar-refractivity contribution in [3.8, 4) is 0 Å². The quantitative estimate of drug-likeness (QED) is 0.902. The number of carbonyl (C=O) groups is 2. The molecule has 1 aromatic heterocycles. The second-order valence-electron chi connectivity index (χ2n) is 7.64. The second kappa shape index (κ2) is 7.59. The lowest BCUT2D eigenvalue weighted by molar-refractivity contribution is -0.138. The third-order valence-electron chi connectivity index (χ3n) is 4.36. The van der Waals surface area contributed by atoms with Crippen LogP contribution in [-0.4, -0.2) is 39.0 Å². The van der Waals surface area contributed by atoms with Crippen LogP contribution in [0.4, 0.5) is 5.13 Å². The molecule has 134 valence electrons. The molecule has 2 heterocycles. The second-order valence-corrected chi connectivity index (χ2v) is 8.62. The van der Waals surface area contributed by atoms with Crippen LogP contribution in [0.2, 0.25) is 0 Å². The molecule has 0 saturated carbocycles. The average Bonchev–Trinajstić information content (AvgIpc) is 2.93. The minimum atomic E-state index is -0.183. The van der Waals surface area contributed by atoms with Gasteiger partial charge in [0.2, 0.25) is 16.9 Å². The predicted octanol–water partition coefficient (Wildman–Crippen LogP) is 3.34. The topological polar surface area (TPSA) is 75.2 Å². The Kier molecular flexibility index (Phi) is 5.96. The Bertz CT molecular complexity index is 584. The Labute approximate surface area is 148 Å². The number of rotatable bonds is 4. The van der Waals surface area contributed by atoms with Crippen molar-refractivity contribution >= 4 is 28.3 Å². The number of hydrogen-bond acceptors (Lipinski definition) is 5. The predicted molar refractivity (Wildman–Crippen MR) is 96.1 cm³/mol. The van der Waals surface area contributed by atoms with Gasteiger partial charge in [0.05, 0.1) is 0 Å². The normalized spacial score (nSPS) is 21.6. The molecule has 0 aromatic carbocycles. The lowest BCUT2D eigenvalue weighted by Crippen LogP contribution is -2.47. The summed E-state index contributed by atoms with van der Waals surface area (Å²) in [6.07, 6.45) is 3.68. The highest BCUT2D eigenvalue weighted by atomic mass is 32.1. The molecule has 0 bridgehead atoms. The van der Waals surface area contributed by atoms with E-state index in [4.69, 9.17) is 0 Å². The summed E-state index contributed by atoms with van der Waals surface area (Å²) < 4.78 is 0. The summed E-state index contributed by atoms with van der Waals surface area (Å²) in [5.74, 6) is -0.116. The minimum Gasteiger partial charge on any atom is -0.337 e. The molecular formula is C17H28N4O2S. The highest BCUT2D eigenvalue weighted by Crippen LogP contribution is 2.28. The fourth-order valence-electron chi connectivity index (χ4n) is 3.02. The lowest BCUT2D eigenvalue weighted by Gasteiger charge is -2.39. The zero-order valence-electron chi connectivity index (χ0n) is 15.3. The highest BCUT2D eigenvalue weighted by molar-refractivity contribution is 7.15. The fraction of sp³-hybridized carbons (Fsp3) is 0.765. The summed E-state index contributed by atoms with van der Waals surface area (Å²) in [5, 5.41) is 12.2. The summed E-state index contributed by atoms with van der Waals surface area (Å²) >= 11 is 1.38. The maximum atomic E-state index is 12.4. The van der Waals surface area contributed by atoms with E-state index < -0.39 is 0 Å². The number of nitrogens with one attached hydrogen (secondary N) is 1. The third kappa shape index (κ3) is 4.75. The van der Waals surface area contributed by atoms with E-state index in [9.17, 15) is 9.59 Å². The molecule has 0 radical (unpaired) electrons. The van der Waals surface area contributed by atoms with Gasteiger partial charge >= 0.3 is 0 Å². The van der Waals surface area contributed by atoms with Gasteiger partial charge in [0, 0.05) is 30.3 Å². The van der Waals surface area contributed by atoms with Gasteiger partial charge in [0.25, 0.3) is 0 Å². The van der Waals surface area contributed by atoms with Crippen LogP contribution in [0.3, 0.4) is 0 Å². The zero-order valence-corrected chi connectivity index (χ0v) is 16.1. The Morgan fingerprint density at radius 1 is 1.17 bits per heavy atom. The maximum absolute atomic E-state index is 12.4. The lowest BCUT2D eigenvalue weighted by atomic mass is 9.97. The molecule has 1 aromatic rings. The number of carbonyl (C=O) groups excluding carboxylic acids is 2. The molecule has 0 aliphatic carbocycles. The summed E-state index contributed by atoms with van der Waals surface area (Å²) in [6, 6.07) is 0.531. The van der Waals surface area contributed by atoms with Crippen molar-refractivity contribution in [2.75, 3.05) is 5.32 Å². The number of nitrogens with zero attached hydrogens (tertiary/aromatic N) is 3. The van der Waals surface area contributed by atoms with E-state index >= 15 is 0 Å². The molecule has 1 aliphatic heterocycles. The minimum absolute atomic E-state index is 0.0671. The van der Waals surface area contributed by atoms with Gasteiger partial charge in [-0.1, -0.05) is 32.1 Å². The number of aromatic nitrogens is 2. The molecule has 2 amide bonds. The first-order valence-corrected chi connectivity index (χ1v) is 9.45. The number of hydrogen-bond donors (Lipinski definition) is 1. The van der Waals surface area contributed by atoms with E-state index in [1.165, 1.54) is 17.8 Å². The Hall–Kier alpha value is -1.50. The van der Waals surface area contributed by atoms with Crippen LogP contribution < -0.4 is 5.32 Å². The summed E-state index contributed by atoms with van der Waals surface area (Å²) in [4.78, 5) is 26.5. The number of anilines is 1. The highest BCUT2D eigenvalue weighted by Gasteiger charge is 2.29. The molecule has 7 heteroatoms. The third-order valence-corrected chi connectivity index (χ3v) is 5.62. The van der Waals surface area contributed by atoms with Crippen molar-refractivity contribution in [1.82, 2.24) is 15.1 Å². The molecule has 1 fully saturated rings. The number of amides is 2. The molecule has 6 nitrogen and oxygen atoms in total. The van der Waals surface area contributed by atoms with Crippen molar-refractivity contribution in [2.24, 2.45) is 0 Å². The molecule has 1 saturated heterocycles. The van der Waals surface area contributed by atoms with Crippen LogP contribution >= 0.6 is 11.3 Å². The standard InChI is InChI=1S/C17H28N4O2S/c1-11-7-6-8-12(2)21(11)14(23)10-9-13(22)18-16-20-19-15(24-16)17(3,4)5/h11-12H,6-10H2,1-5H3,(H,18,20,22). The van der Waals surface area contributed by atoms with Gasteiger partial charge in [-0.05, 0) is 33.1 Å². The van der Waals surface area contributed by atoms with Gasteiger partial charge in [-0.15, -0.1) is 10.2 Å². The molecule has 2 atom stereocenters. The van der Waals surface area contributed by atoms with E-state index in [0.717, 1.165) is 17.8 Å². The first-order chi connectivity index (χ1) is 11.2. The monoisotopic (exact) mass is 352 g/mol. The molecule has 1 aliphatic rings. The van der Waals surface area contributed by atoms with E-state index in [1.807, 2.05) is 4.90 Å². The van der Waals surface area contributed by atoms with Gasteiger partial charge < -0.3 is 10.2 Å². The van der Waals surface area contributed by atoms with Crippen molar-refractivity contribution in [1.29, 1.82) is 0 Å². The van der Waals surface area contributed by atoms with Crippen LogP contribution in [-0.2, 0) is 15.0 Å². The first kappa shape index (κ1) is 18.8. The van der Waals surface area contributed by atoms with Gasteiger partial charge in [-0.2, -0.15) is 0 Å². The summed E-state index contributed by atoms with van der Waals surface area (Å²) in [7, 11) is 0. The fourth-order valence-corrected chi connectivity index (χ4v) is 3.84. The van der Waals surface area contributed by atoms with Crippen molar-refractivity contribution in [2.45, 2.75) is 84.2 Å². The molecular weight excluding hydrogens is 324 g/mol. The van der Waals surface area contributed by atoms with E-state index in [0.29, 0.717) is 5.13 Å². The van der Waals surface area contributed by atoms with Crippen molar-refractivity contribution < 1.29 is 9.59 Å². The Morgan fingerprint density at radius 3 is 2.33 bits per heavy atom. The van der Waals surface area contributed by atoms with Crippen LogP contribution in [0.15, 0.2) is 0 Å². The largest absolute Gasteiger partial charge is 0.337 e. The maximum Gasteiger partial charge on any atom is 0.226 e. The molecule has 0 spiro atoms. The van der Waals surface area contributed by atoms with Crippen LogP contribution in [0, 0.1) is 0 Å². The molecule has 24 heavy (non-hydrogen) atoms. The van der Waals surface area contributed by atoms with Gasteiger partial charge in [0.15, 0.2) is 0 Å². The van der Waals surface area contributed by atoms with Crippen LogP contribution in [0.5, 0.6) is 0 Å². The van der Waals surface area contributed by atoms with Crippen LogP contribution in [0.1, 0.15) is 71.7 Å². The van der Waals surface area contributed by atoms with Crippen molar-refractivity contribution in [3.05, 3.63) is 5.01 Å². The smallest absolute Gasteiger partial charge is 0.226 e. The van der Waals surface area contributed by atoms with E-state index in [2.05, 4.69) is 50.1 Å². The van der Waals surface area contributed by atoms with Crippen LogP contribution in [0.25, 0.3) is 0 Å². The first-order valence-electron chi connectivity index (χ1n) is 8.63. The van der Waals surface area contributed by atoms with E-state index in [-0.39, 0.29) is 42.2 Å². The number of piperidine rings is 1. The Balaban J connectivity index is 1.84. The SMILES string of the molecule is CC1CCCC(C)N1C(=O)CCC(=O)Nc1nnc(C(C)(C)C)s1.